The molecule has 2 heterocycles. The summed E-state index contributed by atoms with van der Waals surface area (Å²) < 4.78 is 5.20. The van der Waals surface area contributed by atoms with Crippen molar-refractivity contribution in [1.82, 2.24) is 9.88 Å². The van der Waals surface area contributed by atoms with Gasteiger partial charge in [0.2, 0.25) is 5.91 Å². The van der Waals surface area contributed by atoms with Crippen LogP contribution in [0.2, 0.25) is 0 Å². The highest BCUT2D eigenvalue weighted by atomic mass is 32.1. The summed E-state index contributed by atoms with van der Waals surface area (Å²) in [6, 6.07) is 7.69. The molecule has 1 saturated heterocycles. The number of carbonyl (C=O) groups is 1. The molecule has 1 aliphatic rings. The molecule has 0 unspecified atom stereocenters. The molecule has 0 aliphatic carbocycles. The van der Waals surface area contributed by atoms with Crippen LogP contribution >= 0.6 is 11.3 Å². The van der Waals surface area contributed by atoms with Gasteiger partial charge in [0.15, 0.2) is 5.13 Å². The smallest absolute Gasteiger partial charge is 0.227 e. The van der Waals surface area contributed by atoms with Crippen molar-refractivity contribution >= 4 is 22.4 Å². The molecule has 1 aliphatic heterocycles. The number of ether oxygens (including phenoxy) is 1. The molecule has 1 aromatic heterocycles. The van der Waals surface area contributed by atoms with E-state index in [2.05, 4.69) is 9.88 Å². The van der Waals surface area contributed by atoms with E-state index in [0.717, 1.165) is 42.6 Å². The topological polar surface area (TPSA) is 45.7 Å². The predicted molar refractivity (Wildman–Crippen MR) is 87.6 cm³/mol. The van der Waals surface area contributed by atoms with Gasteiger partial charge in [0.25, 0.3) is 0 Å². The molecule has 1 amide bonds. The third-order valence-electron chi connectivity index (χ3n) is 3.81. The Morgan fingerprint density at radius 1 is 1.32 bits per heavy atom. The number of aromatic nitrogens is 1. The van der Waals surface area contributed by atoms with Crippen LogP contribution in [0, 0.1) is 0 Å². The van der Waals surface area contributed by atoms with Crippen molar-refractivity contribution in [1.29, 1.82) is 0 Å². The number of carbonyl (C=O) groups excluding carboxylic acids is 1. The third-order valence-corrected chi connectivity index (χ3v) is 4.64. The molecule has 22 heavy (non-hydrogen) atoms. The van der Waals surface area contributed by atoms with Crippen LogP contribution in [0.5, 0.6) is 5.75 Å². The molecule has 0 bridgehead atoms. The first-order chi connectivity index (χ1) is 10.8. The number of hydrogen-bond acceptors (Lipinski definition) is 5. The Labute approximate surface area is 134 Å². The number of thiazole rings is 1. The summed E-state index contributed by atoms with van der Waals surface area (Å²) in [5, 5.41) is 3.02. The maximum absolute atomic E-state index is 12.4. The van der Waals surface area contributed by atoms with E-state index >= 15 is 0 Å². The number of anilines is 1. The van der Waals surface area contributed by atoms with Gasteiger partial charge < -0.3 is 14.5 Å². The molecule has 5 nitrogen and oxygen atoms in total. The summed E-state index contributed by atoms with van der Waals surface area (Å²) in [7, 11) is 1.64. The van der Waals surface area contributed by atoms with E-state index in [1.54, 1.807) is 18.4 Å². The van der Waals surface area contributed by atoms with Gasteiger partial charge in [-0.05, 0) is 17.7 Å². The number of hydrogen-bond donors (Lipinski definition) is 0. The fourth-order valence-electron chi connectivity index (χ4n) is 2.59. The Kier molecular flexibility index (Phi) is 4.58. The highest BCUT2D eigenvalue weighted by Crippen LogP contribution is 2.19. The molecule has 0 spiro atoms. The van der Waals surface area contributed by atoms with Crippen LogP contribution in [-0.2, 0) is 11.2 Å². The number of methoxy groups -OCH3 is 1. The van der Waals surface area contributed by atoms with Crippen molar-refractivity contribution in [3.8, 4) is 5.75 Å². The molecule has 1 aromatic carbocycles. The van der Waals surface area contributed by atoms with Gasteiger partial charge in [0.1, 0.15) is 5.75 Å². The maximum Gasteiger partial charge on any atom is 0.227 e. The van der Waals surface area contributed by atoms with Crippen molar-refractivity contribution in [3.63, 3.8) is 0 Å². The van der Waals surface area contributed by atoms with E-state index in [9.17, 15) is 4.79 Å². The molecule has 0 atom stereocenters. The first-order valence-corrected chi connectivity index (χ1v) is 8.19. The summed E-state index contributed by atoms with van der Waals surface area (Å²) in [5.74, 6) is 0.964. The van der Waals surface area contributed by atoms with Gasteiger partial charge in [-0.15, -0.1) is 11.3 Å². The van der Waals surface area contributed by atoms with E-state index in [-0.39, 0.29) is 5.91 Å². The van der Waals surface area contributed by atoms with Gasteiger partial charge in [-0.25, -0.2) is 4.98 Å². The lowest BCUT2D eigenvalue weighted by molar-refractivity contribution is -0.130. The van der Waals surface area contributed by atoms with Gasteiger partial charge >= 0.3 is 0 Å². The minimum absolute atomic E-state index is 0.173. The Balaban J connectivity index is 1.55. The molecule has 3 rings (SSSR count). The summed E-state index contributed by atoms with van der Waals surface area (Å²) in [5.41, 5.74) is 0.992. The van der Waals surface area contributed by atoms with Crippen molar-refractivity contribution in [2.24, 2.45) is 0 Å². The molecule has 6 heteroatoms. The quantitative estimate of drug-likeness (QED) is 0.866. The molecule has 0 radical (unpaired) electrons. The van der Waals surface area contributed by atoms with Crippen LogP contribution in [0.25, 0.3) is 0 Å². The molecule has 2 aromatic rings. The van der Waals surface area contributed by atoms with Gasteiger partial charge in [-0.3, -0.25) is 4.79 Å². The zero-order valence-corrected chi connectivity index (χ0v) is 13.4. The molecular formula is C16H19N3O2S. The fraction of sp³-hybridized carbons (Fsp3) is 0.375. The number of amides is 1. The van der Waals surface area contributed by atoms with E-state index in [0.29, 0.717) is 6.42 Å². The Bertz CT molecular complexity index is 622. The minimum atomic E-state index is 0.173. The highest BCUT2D eigenvalue weighted by molar-refractivity contribution is 7.13. The molecular weight excluding hydrogens is 298 g/mol. The number of rotatable bonds is 4. The Morgan fingerprint density at radius 3 is 2.82 bits per heavy atom. The van der Waals surface area contributed by atoms with Crippen LogP contribution in [-0.4, -0.2) is 49.1 Å². The van der Waals surface area contributed by atoms with Crippen molar-refractivity contribution in [3.05, 3.63) is 41.4 Å². The van der Waals surface area contributed by atoms with E-state index < -0.39 is 0 Å². The number of benzene rings is 1. The molecule has 0 saturated carbocycles. The highest BCUT2D eigenvalue weighted by Gasteiger charge is 2.22. The lowest BCUT2D eigenvalue weighted by atomic mass is 10.1. The SMILES string of the molecule is COc1cccc(CC(=O)N2CCN(c3nccs3)CC2)c1. The van der Waals surface area contributed by atoms with Gasteiger partial charge in [0.05, 0.1) is 13.5 Å². The summed E-state index contributed by atoms with van der Waals surface area (Å²) >= 11 is 1.64. The second kappa shape index (κ2) is 6.79. The first-order valence-electron chi connectivity index (χ1n) is 7.31. The van der Waals surface area contributed by atoms with Crippen LogP contribution in [0.3, 0.4) is 0 Å². The first kappa shape index (κ1) is 14.8. The largest absolute Gasteiger partial charge is 0.497 e. The average molecular weight is 317 g/mol. The second-order valence-corrected chi connectivity index (χ2v) is 6.08. The standard InChI is InChI=1S/C16H19N3O2S/c1-21-14-4-2-3-13(11-14)12-15(20)18-6-8-19(9-7-18)16-17-5-10-22-16/h2-5,10-11H,6-9,12H2,1H3. The summed E-state index contributed by atoms with van der Waals surface area (Å²) in [6.07, 6.45) is 2.24. The maximum atomic E-state index is 12.4. The normalized spacial score (nSPS) is 15.0. The van der Waals surface area contributed by atoms with Crippen LogP contribution in [0.4, 0.5) is 5.13 Å². The minimum Gasteiger partial charge on any atom is -0.497 e. The zero-order valence-electron chi connectivity index (χ0n) is 12.6. The monoisotopic (exact) mass is 317 g/mol. The average Bonchev–Trinajstić information content (AvgIpc) is 3.09. The number of piperazine rings is 1. The molecule has 116 valence electrons. The lowest BCUT2D eigenvalue weighted by Gasteiger charge is -2.34. The number of nitrogens with zero attached hydrogens (tertiary/aromatic N) is 3. The second-order valence-electron chi connectivity index (χ2n) is 5.21. The fourth-order valence-corrected chi connectivity index (χ4v) is 3.28. The van der Waals surface area contributed by atoms with E-state index in [1.807, 2.05) is 40.7 Å². The van der Waals surface area contributed by atoms with E-state index in [4.69, 9.17) is 4.74 Å². The Hall–Kier alpha value is -2.08. The predicted octanol–water partition coefficient (Wildman–Crippen LogP) is 2.04. The van der Waals surface area contributed by atoms with Crippen molar-refractivity contribution in [2.75, 3.05) is 38.2 Å². The van der Waals surface area contributed by atoms with E-state index in [1.165, 1.54) is 0 Å². The summed E-state index contributed by atoms with van der Waals surface area (Å²) in [6.45, 7) is 3.19. The van der Waals surface area contributed by atoms with Crippen LogP contribution in [0.15, 0.2) is 35.8 Å². The lowest BCUT2D eigenvalue weighted by Crippen LogP contribution is -2.49. The van der Waals surface area contributed by atoms with Crippen LogP contribution in [0.1, 0.15) is 5.56 Å². The van der Waals surface area contributed by atoms with Crippen LogP contribution < -0.4 is 9.64 Å². The summed E-state index contributed by atoms with van der Waals surface area (Å²) in [4.78, 5) is 20.9. The van der Waals surface area contributed by atoms with Gasteiger partial charge in [0, 0.05) is 37.8 Å². The van der Waals surface area contributed by atoms with Gasteiger partial charge in [-0.1, -0.05) is 12.1 Å². The van der Waals surface area contributed by atoms with Crippen molar-refractivity contribution < 1.29 is 9.53 Å². The van der Waals surface area contributed by atoms with Gasteiger partial charge in [-0.2, -0.15) is 0 Å². The molecule has 1 fully saturated rings. The third kappa shape index (κ3) is 3.39. The zero-order chi connectivity index (χ0) is 15.4. The Morgan fingerprint density at radius 2 is 2.14 bits per heavy atom. The van der Waals surface area contributed by atoms with Crippen molar-refractivity contribution in [2.45, 2.75) is 6.42 Å². The molecule has 0 N–H and O–H groups in total.